The number of hydrogen-bond acceptors (Lipinski definition) is 3. The molecule has 0 rings (SSSR count). The maximum Gasteiger partial charge on any atom is -0.693 e. The van der Waals surface area contributed by atoms with Gasteiger partial charge in [-0.3, -0.25) is 0 Å². The Hall–Kier alpha value is 0.572. The van der Waals surface area contributed by atoms with Gasteiger partial charge in [0.25, 0.3) is 0 Å². The van der Waals surface area contributed by atoms with Crippen LogP contribution in [0.5, 0.6) is 0 Å². The maximum atomic E-state index is 10.7. The van der Waals surface area contributed by atoms with E-state index in [1.54, 1.807) is 0 Å². The van der Waals surface area contributed by atoms with Gasteiger partial charge in [0, 0.05) is 0 Å². The minimum atomic E-state index is -6.09. The molecule has 4 N–H and O–H groups in total. The molecule has 0 amide bonds. The largest absolute Gasteiger partial charge is 0.693 e. The van der Waals surface area contributed by atoms with Crippen LogP contribution in [0.1, 0.15) is 0 Å². The molecular weight excluding hydrogens is 319 g/mol. The number of halogens is 4. The number of hydrogen-bond donors (Lipinski definition) is 0. The predicted octanol–water partition coefficient (Wildman–Crippen LogP) is 2.17. The van der Waals surface area contributed by atoms with Gasteiger partial charge in [-0.1, -0.05) is 0 Å². The van der Waals surface area contributed by atoms with Gasteiger partial charge in [-0.05, 0) is 0 Å². The summed E-state index contributed by atoms with van der Waals surface area (Å²) in [6.45, 7) is 0. The van der Waals surface area contributed by atoms with Crippen molar-refractivity contribution in [2.75, 3.05) is 0 Å². The van der Waals surface area contributed by atoms with E-state index in [9.17, 15) is 13.2 Å². The van der Waals surface area contributed by atoms with Crippen LogP contribution >= 0.6 is 9.53 Å². The Morgan fingerprint density at radius 3 is 1.25 bits per heavy atom. The molecule has 0 aliphatic carbocycles. The first-order valence-electron chi connectivity index (χ1n) is 1.39. The average molecular weight is 323 g/mol. The molecular formula is CH4ClF3N2O3PdS-2. The summed E-state index contributed by atoms with van der Waals surface area (Å²) in [6.07, 6.45) is 0. The normalized spacial score (nSPS) is 9.92. The van der Waals surface area contributed by atoms with E-state index in [2.05, 4.69) is 27.7 Å². The first-order valence-corrected chi connectivity index (χ1v) is 4.80. The van der Waals surface area contributed by atoms with Crippen molar-refractivity contribution in [2.24, 2.45) is 0 Å². The second-order valence-corrected chi connectivity index (χ2v) is 2.27. The molecule has 0 aromatic carbocycles. The third kappa shape index (κ3) is 10.6. The third-order valence-electron chi connectivity index (χ3n) is 0.283. The van der Waals surface area contributed by atoms with Gasteiger partial charge in [-0.2, -0.15) is 13.2 Å². The van der Waals surface area contributed by atoms with Crippen LogP contribution in [0.3, 0.4) is 0 Å². The van der Waals surface area contributed by atoms with Gasteiger partial charge >= 0.3 is 33.2 Å². The molecule has 0 unspecified atom stereocenters. The van der Waals surface area contributed by atoms with Gasteiger partial charge in [0.15, 0.2) is 10.1 Å². The molecule has 0 atom stereocenters. The van der Waals surface area contributed by atoms with Crippen molar-refractivity contribution < 1.29 is 44.3 Å². The first-order chi connectivity index (χ1) is 4.25. The molecule has 0 fully saturated rings. The zero-order chi connectivity index (χ0) is 9.00. The quantitative estimate of drug-likeness (QED) is 0.385. The second-order valence-electron chi connectivity index (χ2n) is 0.900. The van der Waals surface area contributed by atoms with Crippen LogP contribution in [0.4, 0.5) is 13.2 Å². The number of rotatable bonds is 0. The molecule has 0 radical (unpaired) electrons. The molecule has 0 aliphatic rings. The van der Waals surface area contributed by atoms with Gasteiger partial charge in [-0.25, -0.2) is 8.42 Å². The molecule has 5 nitrogen and oxygen atoms in total. The van der Waals surface area contributed by atoms with E-state index in [1.165, 1.54) is 0 Å². The Morgan fingerprint density at radius 1 is 1.17 bits per heavy atom. The summed E-state index contributed by atoms with van der Waals surface area (Å²) in [5, 5.41) is 0. The standard InChI is InChI=1S/CHF3O3S.ClH.2H2N.Pd/c2-1(3,4)8(5,6)7;;;;/h(H,5,6,7);1H;2*1H2;/q;;2*-1;+2/p-2. The number of nitrogens with two attached hydrogens (primary N) is 2. The first kappa shape index (κ1) is 22.9. The van der Waals surface area contributed by atoms with E-state index >= 15 is 0 Å². The molecule has 0 aliphatic heterocycles. The van der Waals surface area contributed by atoms with Crippen molar-refractivity contribution in [3.05, 3.63) is 12.3 Å². The van der Waals surface area contributed by atoms with E-state index in [-0.39, 0.29) is 12.3 Å². The minimum Gasteiger partial charge on any atom is -0.693 e. The fourth-order valence-electron chi connectivity index (χ4n) is 0. The van der Waals surface area contributed by atoms with Crippen LogP contribution in [-0.4, -0.2) is 18.5 Å². The molecule has 0 bridgehead atoms. The fourth-order valence-corrected chi connectivity index (χ4v) is 0. The zero-order valence-corrected chi connectivity index (χ0v) is 8.24. The summed E-state index contributed by atoms with van der Waals surface area (Å²) in [6, 6.07) is 0. The van der Waals surface area contributed by atoms with Gasteiger partial charge in [0.05, 0.1) is 0 Å². The Kier molecular flexibility index (Phi) is 15.6. The van der Waals surface area contributed by atoms with Crippen LogP contribution in [0.15, 0.2) is 0 Å². The minimum absolute atomic E-state index is 0. The van der Waals surface area contributed by atoms with Crippen molar-refractivity contribution in [2.45, 2.75) is 5.51 Å². The summed E-state index contributed by atoms with van der Waals surface area (Å²) in [5.74, 6) is 0. The van der Waals surface area contributed by atoms with E-state index in [1.807, 2.05) is 0 Å². The Morgan fingerprint density at radius 2 is 1.25 bits per heavy atom. The molecule has 12 heavy (non-hydrogen) atoms. The topological polar surface area (TPSA) is 124 Å². The van der Waals surface area contributed by atoms with Gasteiger partial charge in [-0.15, -0.1) is 0 Å². The molecule has 0 saturated heterocycles. The fraction of sp³-hybridized carbons (Fsp3) is 1.00. The summed E-state index contributed by atoms with van der Waals surface area (Å²) in [5.41, 5.74) is -5.65. The molecule has 0 heterocycles. The SMILES string of the molecule is O=S(=O)([O-])C(F)(F)F.[Cl][Pd+].[NH2-].[NH2-]. The van der Waals surface area contributed by atoms with Crippen molar-refractivity contribution in [3.8, 4) is 0 Å². The molecule has 0 saturated carbocycles. The van der Waals surface area contributed by atoms with Gasteiger partial charge < -0.3 is 16.9 Å². The Balaban J connectivity index is -0.0000000740. The predicted molar refractivity (Wildman–Crippen MR) is 32.2 cm³/mol. The molecule has 0 aromatic heterocycles. The molecule has 0 spiro atoms. The van der Waals surface area contributed by atoms with Crippen LogP contribution in [-0.2, 0) is 28.3 Å². The smallest absolute Gasteiger partial charge is 0.693 e. The average Bonchev–Trinajstić information content (AvgIpc) is 1.66. The number of alkyl halides is 3. The van der Waals surface area contributed by atoms with Crippen molar-refractivity contribution >= 4 is 19.6 Å². The molecule has 82 valence electrons. The summed E-state index contributed by atoms with van der Waals surface area (Å²) >= 11 is 2.22. The Labute approximate surface area is 81.9 Å². The van der Waals surface area contributed by atoms with Crippen LogP contribution in [0.25, 0.3) is 12.3 Å². The second kappa shape index (κ2) is 8.18. The summed E-state index contributed by atoms with van der Waals surface area (Å²) in [7, 11) is -1.60. The van der Waals surface area contributed by atoms with E-state index in [4.69, 9.17) is 13.0 Å². The van der Waals surface area contributed by atoms with Crippen LogP contribution in [0, 0.1) is 0 Å². The summed E-state index contributed by atoms with van der Waals surface area (Å²) < 4.78 is 58.9. The van der Waals surface area contributed by atoms with Crippen molar-refractivity contribution in [3.63, 3.8) is 0 Å². The zero-order valence-electron chi connectivity index (χ0n) is 5.12. The maximum absolute atomic E-state index is 10.7. The molecule has 0 aromatic rings. The van der Waals surface area contributed by atoms with Crippen molar-refractivity contribution in [1.82, 2.24) is 0 Å². The van der Waals surface area contributed by atoms with E-state index in [0.717, 1.165) is 0 Å². The van der Waals surface area contributed by atoms with Gasteiger partial charge in [0.2, 0.25) is 0 Å². The Bertz CT molecular complexity index is 180. The van der Waals surface area contributed by atoms with E-state index in [0.29, 0.717) is 0 Å². The van der Waals surface area contributed by atoms with Crippen LogP contribution < -0.4 is 0 Å². The third-order valence-corrected chi connectivity index (χ3v) is 0.850. The van der Waals surface area contributed by atoms with Gasteiger partial charge in [0.1, 0.15) is 0 Å². The van der Waals surface area contributed by atoms with Crippen molar-refractivity contribution in [1.29, 1.82) is 0 Å². The monoisotopic (exact) mass is 322 g/mol. The molecule has 11 heteroatoms. The van der Waals surface area contributed by atoms with E-state index < -0.39 is 15.6 Å². The van der Waals surface area contributed by atoms with Crippen LogP contribution in [0.2, 0.25) is 0 Å². The summed E-state index contributed by atoms with van der Waals surface area (Å²) in [4.78, 5) is 0.